The molecule has 10 heteroatoms. The highest BCUT2D eigenvalue weighted by Crippen LogP contribution is 2.27. The van der Waals surface area contributed by atoms with Gasteiger partial charge >= 0.3 is 0 Å². The van der Waals surface area contributed by atoms with E-state index in [1.54, 1.807) is 34.7 Å². The molecule has 0 aliphatic heterocycles. The van der Waals surface area contributed by atoms with Crippen LogP contribution < -0.4 is 10.9 Å². The van der Waals surface area contributed by atoms with Crippen LogP contribution in [0.2, 0.25) is 0 Å². The number of amides is 1. The smallest absolute Gasteiger partial charge is 0.273 e. The molecular formula is C19H24N8O2. The molecule has 0 unspecified atom stereocenters. The third-order valence-corrected chi connectivity index (χ3v) is 5.25. The van der Waals surface area contributed by atoms with E-state index < -0.39 is 0 Å². The monoisotopic (exact) mass is 396 g/mol. The summed E-state index contributed by atoms with van der Waals surface area (Å²) in [6.45, 7) is 3.89. The number of hydrogen-bond donors (Lipinski definition) is 1. The molecule has 0 radical (unpaired) electrons. The fourth-order valence-electron chi connectivity index (χ4n) is 3.83. The van der Waals surface area contributed by atoms with E-state index in [0.29, 0.717) is 11.5 Å². The van der Waals surface area contributed by atoms with E-state index in [4.69, 9.17) is 0 Å². The van der Waals surface area contributed by atoms with Crippen LogP contribution in [0.15, 0.2) is 29.2 Å². The Bertz CT molecular complexity index is 1090. The van der Waals surface area contributed by atoms with Crippen molar-refractivity contribution in [2.75, 3.05) is 0 Å². The summed E-state index contributed by atoms with van der Waals surface area (Å²) in [6, 6.07) is 5.27. The van der Waals surface area contributed by atoms with E-state index in [1.807, 2.05) is 19.9 Å². The molecule has 29 heavy (non-hydrogen) atoms. The average Bonchev–Trinajstić information content (AvgIpc) is 3.28. The maximum Gasteiger partial charge on any atom is 0.273 e. The molecule has 3 aromatic rings. The predicted octanol–water partition coefficient (Wildman–Crippen LogP) is 1.09. The number of nitrogens with zero attached hydrogens (tertiary/aromatic N) is 7. The van der Waals surface area contributed by atoms with Gasteiger partial charge in [0.25, 0.3) is 11.5 Å². The number of carbonyl (C=O) groups is 1. The van der Waals surface area contributed by atoms with Crippen LogP contribution in [0.4, 0.5) is 0 Å². The molecule has 0 aromatic carbocycles. The molecule has 1 amide bonds. The van der Waals surface area contributed by atoms with Gasteiger partial charge in [-0.1, -0.05) is 5.21 Å². The maximum atomic E-state index is 12.4. The number of aryl methyl sites for hydroxylation is 3. The van der Waals surface area contributed by atoms with E-state index in [1.165, 1.54) is 4.68 Å². The van der Waals surface area contributed by atoms with Crippen molar-refractivity contribution in [2.45, 2.75) is 51.6 Å². The molecule has 152 valence electrons. The van der Waals surface area contributed by atoms with Crippen molar-refractivity contribution in [3.05, 3.63) is 51.8 Å². The highest BCUT2D eigenvalue weighted by atomic mass is 16.2. The first kappa shape index (κ1) is 19.0. The van der Waals surface area contributed by atoms with E-state index in [9.17, 15) is 9.59 Å². The Morgan fingerprint density at radius 1 is 1.14 bits per heavy atom. The summed E-state index contributed by atoms with van der Waals surface area (Å²) in [6.07, 6.45) is 4.66. The first-order chi connectivity index (χ1) is 13.9. The Morgan fingerprint density at radius 2 is 1.90 bits per heavy atom. The molecule has 3 heterocycles. The van der Waals surface area contributed by atoms with Gasteiger partial charge in [-0.15, -0.1) is 10.2 Å². The van der Waals surface area contributed by atoms with Gasteiger partial charge in [0, 0.05) is 24.8 Å². The third-order valence-electron chi connectivity index (χ3n) is 5.25. The van der Waals surface area contributed by atoms with Gasteiger partial charge in [0.15, 0.2) is 11.5 Å². The predicted molar refractivity (Wildman–Crippen MR) is 105 cm³/mol. The van der Waals surface area contributed by atoms with Crippen molar-refractivity contribution in [1.29, 1.82) is 0 Å². The van der Waals surface area contributed by atoms with Crippen LogP contribution in [0, 0.1) is 13.8 Å². The standard InChI is InChI=1S/C19H24N8O2/c1-12-10-13(2)26(22-12)17-8-9-18(28)27(23-17)15-6-4-14(5-7-15)20-19(29)16-11-25(3)24-21-16/h8-11,14-15H,4-7H2,1-3H3,(H,20,29). The maximum absolute atomic E-state index is 12.4. The quantitative estimate of drug-likeness (QED) is 0.706. The minimum atomic E-state index is -0.219. The van der Waals surface area contributed by atoms with Crippen LogP contribution in [0.3, 0.4) is 0 Å². The molecular weight excluding hydrogens is 372 g/mol. The van der Waals surface area contributed by atoms with Gasteiger partial charge in [0.05, 0.1) is 17.9 Å². The van der Waals surface area contributed by atoms with Crippen LogP contribution in [-0.4, -0.2) is 46.5 Å². The lowest BCUT2D eigenvalue weighted by atomic mass is 9.91. The second-order valence-corrected chi connectivity index (χ2v) is 7.57. The Labute approximate surface area is 167 Å². The molecule has 0 atom stereocenters. The fraction of sp³-hybridized carbons (Fsp3) is 0.474. The number of hydrogen-bond acceptors (Lipinski definition) is 6. The van der Waals surface area contributed by atoms with Gasteiger partial charge in [-0.05, 0) is 51.7 Å². The van der Waals surface area contributed by atoms with Crippen LogP contribution in [0.25, 0.3) is 5.82 Å². The van der Waals surface area contributed by atoms with Crippen molar-refractivity contribution in [3.63, 3.8) is 0 Å². The van der Waals surface area contributed by atoms with E-state index in [2.05, 4.69) is 25.8 Å². The first-order valence-corrected chi connectivity index (χ1v) is 9.71. The molecule has 4 rings (SSSR count). The molecule has 0 saturated heterocycles. The fourth-order valence-corrected chi connectivity index (χ4v) is 3.83. The van der Waals surface area contributed by atoms with Gasteiger partial charge in [-0.25, -0.2) is 9.36 Å². The second kappa shape index (κ2) is 7.61. The van der Waals surface area contributed by atoms with Crippen LogP contribution in [-0.2, 0) is 7.05 Å². The Hall–Kier alpha value is -3.30. The normalized spacial score (nSPS) is 19.3. The van der Waals surface area contributed by atoms with E-state index in [0.717, 1.165) is 37.1 Å². The lowest BCUT2D eigenvalue weighted by molar-refractivity contribution is 0.0916. The van der Waals surface area contributed by atoms with Crippen LogP contribution >= 0.6 is 0 Å². The van der Waals surface area contributed by atoms with Gasteiger partial charge in [0.2, 0.25) is 0 Å². The molecule has 0 spiro atoms. The van der Waals surface area contributed by atoms with Crippen molar-refractivity contribution in [3.8, 4) is 5.82 Å². The largest absolute Gasteiger partial charge is 0.348 e. The lowest BCUT2D eigenvalue weighted by Crippen LogP contribution is -2.39. The summed E-state index contributed by atoms with van der Waals surface area (Å²) < 4.78 is 4.81. The second-order valence-electron chi connectivity index (χ2n) is 7.57. The Balaban J connectivity index is 1.44. The average molecular weight is 396 g/mol. The van der Waals surface area contributed by atoms with Gasteiger partial charge in [-0.2, -0.15) is 5.10 Å². The summed E-state index contributed by atoms with van der Waals surface area (Å²) in [7, 11) is 1.72. The molecule has 1 aliphatic carbocycles. The highest BCUT2D eigenvalue weighted by Gasteiger charge is 2.26. The van der Waals surface area contributed by atoms with Gasteiger partial charge < -0.3 is 5.32 Å². The van der Waals surface area contributed by atoms with E-state index >= 15 is 0 Å². The van der Waals surface area contributed by atoms with E-state index in [-0.39, 0.29) is 23.6 Å². The van der Waals surface area contributed by atoms with Crippen molar-refractivity contribution < 1.29 is 4.79 Å². The number of rotatable bonds is 4. The molecule has 1 fully saturated rings. The zero-order chi connectivity index (χ0) is 20.5. The first-order valence-electron chi connectivity index (χ1n) is 9.71. The molecule has 1 aliphatic rings. The highest BCUT2D eigenvalue weighted by molar-refractivity contribution is 5.92. The van der Waals surface area contributed by atoms with Crippen molar-refractivity contribution >= 4 is 5.91 Å². The van der Waals surface area contributed by atoms with Crippen LogP contribution in [0.5, 0.6) is 0 Å². The topological polar surface area (TPSA) is 113 Å². The molecule has 10 nitrogen and oxygen atoms in total. The van der Waals surface area contributed by atoms with Crippen LogP contribution in [0.1, 0.15) is 53.6 Å². The summed E-state index contributed by atoms with van der Waals surface area (Å²) in [4.78, 5) is 24.7. The lowest BCUT2D eigenvalue weighted by Gasteiger charge is -2.29. The molecule has 3 aromatic heterocycles. The summed E-state index contributed by atoms with van der Waals surface area (Å²) in [5.41, 5.74) is 2.06. The zero-order valence-electron chi connectivity index (χ0n) is 16.7. The SMILES string of the molecule is Cc1cc(C)n(-c2ccc(=O)n(C3CCC(NC(=O)c4cn(C)nn4)CC3)n2)n1. The summed E-state index contributed by atoms with van der Waals surface area (Å²) in [5, 5.41) is 19.7. The Kier molecular flexibility index (Phi) is 4.99. The minimum Gasteiger partial charge on any atom is -0.348 e. The minimum absolute atomic E-state index is 0.00378. The zero-order valence-corrected chi connectivity index (χ0v) is 16.7. The van der Waals surface area contributed by atoms with Crippen molar-refractivity contribution in [1.82, 2.24) is 39.9 Å². The summed E-state index contributed by atoms with van der Waals surface area (Å²) >= 11 is 0. The molecule has 1 saturated carbocycles. The number of nitrogens with one attached hydrogen (secondary N) is 1. The van der Waals surface area contributed by atoms with Gasteiger partial charge in [0.1, 0.15) is 0 Å². The summed E-state index contributed by atoms with van der Waals surface area (Å²) in [5.74, 6) is 0.414. The number of carbonyl (C=O) groups excluding carboxylic acids is 1. The van der Waals surface area contributed by atoms with Gasteiger partial charge in [-0.3, -0.25) is 14.3 Å². The molecule has 0 bridgehead atoms. The Morgan fingerprint density at radius 3 is 2.52 bits per heavy atom. The van der Waals surface area contributed by atoms with Crippen molar-refractivity contribution in [2.24, 2.45) is 7.05 Å². The number of aromatic nitrogens is 7. The molecule has 1 N–H and O–H groups in total. The third kappa shape index (κ3) is 3.96.